The van der Waals surface area contributed by atoms with Gasteiger partial charge in [0.1, 0.15) is 11.4 Å². The Morgan fingerprint density at radius 3 is 2.58 bits per heavy atom. The molecule has 134 valence electrons. The molecule has 1 aromatic rings. The molecule has 0 spiro atoms. The van der Waals surface area contributed by atoms with Crippen molar-refractivity contribution in [3.05, 3.63) is 24.0 Å². The molecule has 2 N–H and O–H groups in total. The van der Waals surface area contributed by atoms with E-state index in [1.54, 1.807) is 26.8 Å². The predicted octanol–water partition coefficient (Wildman–Crippen LogP) is 5.55. The largest absolute Gasteiger partial charge is 0.444 e. The third-order valence-corrected chi connectivity index (χ3v) is 4.45. The van der Waals surface area contributed by atoms with Crippen molar-refractivity contribution in [2.45, 2.75) is 71.9 Å². The van der Waals surface area contributed by atoms with Crippen LogP contribution >= 0.6 is 0 Å². The minimum Gasteiger partial charge on any atom is -0.444 e. The summed E-state index contributed by atoms with van der Waals surface area (Å²) in [4.78, 5) is 12.0. The predicted molar refractivity (Wildman–Crippen MR) is 95.9 cm³/mol. The van der Waals surface area contributed by atoms with Crippen LogP contribution in [0.25, 0.3) is 0 Å². The molecule has 5 heteroatoms. The van der Waals surface area contributed by atoms with Gasteiger partial charge in [-0.15, -0.1) is 0 Å². The molecule has 1 aliphatic carbocycles. The van der Waals surface area contributed by atoms with Crippen LogP contribution in [0.15, 0.2) is 18.2 Å². The highest BCUT2D eigenvalue weighted by atomic mass is 19.1. The second kappa shape index (κ2) is 6.99. The minimum absolute atomic E-state index is 0.133. The smallest absolute Gasteiger partial charge is 0.412 e. The molecular formula is C19H29FN2O2. The van der Waals surface area contributed by atoms with Crippen molar-refractivity contribution in [3.8, 4) is 0 Å². The van der Waals surface area contributed by atoms with Crippen LogP contribution in [-0.2, 0) is 4.74 Å². The Bertz CT molecular complexity index is 594. The van der Waals surface area contributed by atoms with E-state index in [9.17, 15) is 9.18 Å². The third-order valence-electron chi connectivity index (χ3n) is 4.45. The van der Waals surface area contributed by atoms with E-state index in [4.69, 9.17) is 4.74 Å². The summed E-state index contributed by atoms with van der Waals surface area (Å²) in [5.41, 5.74) is 0.685. The van der Waals surface area contributed by atoms with Gasteiger partial charge in [-0.2, -0.15) is 0 Å². The van der Waals surface area contributed by atoms with Gasteiger partial charge < -0.3 is 10.1 Å². The van der Waals surface area contributed by atoms with Crippen LogP contribution in [0, 0.1) is 11.2 Å². The Balaban J connectivity index is 2.17. The van der Waals surface area contributed by atoms with Gasteiger partial charge >= 0.3 is 6.09 Å². The molecule has 1 aliphatic rings. The van der Waals surface area contributed by atoms with Gasteiger partial charge in [-0.05, 0) is 57.2 Å². The highest BCUT2D eigenvalue weighted by Crippen LogP contribution is 2.38. The van der Waals surface area contributed by atoms with Crippen LogP contribution in [0.2, 0.25) is 0 Å². The first-order valence-electron chi connectivity index (χ1n) is 8.63. The average Bonchev–Trinajstić information content (AvgIpc) is 2.42. The second-order valence-corrected chi connectivity index (χ2v) is 8.25. The Morgan fingerprint density at radius 1 is 1.25 bits per heavy atom. The van der Waals surface area contributed by atoms with Crippen molar-refractivity contribution in [2.75, 3.05) is 10.6 Å². The third kappa shape index (κ3) is 5.11. The molecule has 1 amide bonds. The van der Waals surface area contributed by atoms with Crippen LogP contribution in [-0.4, -0.2) is 17.7 Å². The molecule has 24 heavy (non-hydrogen) atoms. The Labute approximate surface area is 144 Å². The summed E-state index contributed by atoms with van der Waals surface area (Å²) in [6, 6.07) is 4.57. The van der Waals surface area contributed by atoms with Crippen LogP contribution in [0.5, 0.6) is 0 Å². The zero-order valence-corrected chi connectivity index (χ0v) is 15.3. The van der Waals surface area contributed by atoms with Gasteiger partial charge in [0.2, 0.25) is 0 Å². The monoisotopic (exact) mass is 336 g/mol. The number of hydrogen-bond acceptors (Lipinski definition) is 3. The van der Waals surface area contributed by atoms with Gasteiger partial charge in [-0.3, -0.25) is 5.32 Å². The standard InChI is InChI=1S/C19H29FN2O2/c1-18(2,3)24-17(23)22-14-10-9-13(20)12-15(14)21-16-8-6-7-11-19(16,4)5/h9-10,12,16,21H,6-8,11H2,1-5H3,(H,22,23). The van der Waals surface area contributed by atoms with Crippen LogP contribution in [0.4, 0.5) is 20.6 Å². The quantitative estimate of drug-likeness (QED) is 0.760. The van der Waals surface area contributed by atoms with Crippen LogP contribution in [0.1, 0.15) is 60.3 Å². The van der Waals surface area contributed by atoms with E-state index in [1.165, 1.54) is 18.6 Å². The maximum absolute atomic E-state index is 13.7. The normalized spacial score (nSPS) is 20.3. The number of carbonyl (C=O) groups is 1. The topological polar surface area (TPSA) is 50.4 Å². The van der Waals surface area contributed by atoms with E-state index in [0.717, 1.165) is 19.3 Å². The molecule has 1 atom stereocenters. The maximum atomic E-state index is 13.7. The van der Waals surface area contributed by atoms with Gasteiger partial charge in [0.15, 0.2) is 0 Å². The number of carbonyl (C=O) groups excluding carboxylic acids is 1. The van der Waals surface area contributed by atoms with E-state index in [1.807, 2.05) is 0 Å². The zero-order chi connectivity index (χ0) is 18.0. The number of amides is 1. The first-order valence-corrected chi connectivity index (χ1v) is 8.63. The second-order valence-electron chi connectivity index (χ2n) is 8.25. The number of nitrogens with one attached hydrogen (secondary N) is 2. The molecule has 2 rings (SSSR count). The number of halogens is 1. The molecule has 1 unspecified atom stereocenters. The lowest BCUT2D eigenvalue weighted by Crippen LogP contribution is -2.39. The van der Waals surface area contributed by atoms with E-state index in [2.05, 4.69) is 24.5 Å². The van der Waals surface area contributed by atoms with Gasteiger partial charge in [0.05, 0.1) is 11.4 Å². The SMILES string of the molecule is CC(C)(C)OC(=O)Nc1ccc(F)cc1NC1CCCCC1(C)C. The van der Waals surface area contributed by atoms with E-state index < -0.39 is 11.7 Å². The van der Waals surface area contributed by atoms with Crippen molar-refractivity contribution >= 4 is 17.5 Å². The fourth-order valence-corrected chi connectivity index (χ4v) is 3.11. The summed E-state index contributed by atoms with van der Waals surface area (Å²) >= 11 is 0. The Morgan fingerprint density at radius 2 is 1.96 bits per heavy atom. The molecule has 1 aromatic carbocycles. The summed E-state index contributed by atoms with van der Waals surface area (Å²) < 4.78 is 19.0. The first kappa shape index (κ1) is 18.6. The van der Waals surface area contributed by atoms with Gasteiger partial charge in [-0.25, -0.2) is 9.18 Å². The number of rotatable bonds is 3. The lowest BCUT2D eigenvalue weighted by molar-refractivity contribution is 0.0636. The zero-order valence-electron chi connectivity index (χ0n) is 15.3. The van der Waals surface area contributed by atoms with Crippen molar-refractivity contribution < 1.29 is 13.9 Å². The van der Waals surface area contributed by atoms with Crippen molar-refractivity contribution in [1.29, 1.82) is 0 Å². The van der Waals surface area contributed by atoms with Gasteiger partial charge in [0, 0.05) is 6.04 Å². The van der Waals surface area contributed by atoms with Crippen molar-refractivity contribution in [2.24, 2.45) is 5.41 Å². The summed E-state index contributed by atoms with van der Waals surface area (Å²) in [5.74, 6) is -0.333. The number of ether oxygens (including phenoxy) is 1. The molecule has 0 aliphatic heterocycles. The van der Waals surface area contributed by atoms with Gasteiger partial charge in [-0.1, -0.05) is 26.7 Å². The molecular weight excluding hydrogens is 307 g/mol. The summed E-state index contributed by atoms with van der Waals surface area (Å²) in [5, 5.41) is 6.16. The molecule has 0 aromatic heterocycles. The van der Waals surface area contributed by atoms with Crippen LogP contribution < -0.4 is 10.6 Å². The lowest BCUT2D eigenvalue weighted by atomic mass is 9.73. The van der Waals surface area contributed by atoms with E-state index in [-0.39, 0.29) is 17.3 Å². The van der Waals surface area contributed by atoms with Crippen LogP contribution in [0.3, 0.4) is 0 Å². The highest BCUT2D eigenvalue weighted by molar-refractivity contribution is 5.89. The van der Waals surface area contributed by atoms with E-state index >= 15 is 0 Å². The summed E-state index contributed by atoms with van der Waals surface area (Å²) in [6.45, 7) is 9.87. The molecule has 0 heterocycles. The molecule has 1 saturated carbocycles. The Hall–Kier alpha value is -1.78. The highest BCUT2D eigenvalue weighted by Gasteiger charge is 2.32. The minimum atomic E-state index is -0.580. The van der Waals surface area contributed by atoms with E-state index in [0.29, 0.717) is 11.4 Å². The number of benzene rings is 1. The number of hydrogen-bond donors (Lipinski definition) is 2. The Kier molecular flexibility index (Phi) is 5.41. The molecule has 4 nitrogen and oxygen atoms in total. The average molecular weight is 336 g/mol. The summed E-state index contributed by atoms with van der Waals surface area (Å²) in [6.07, 6.45) is 4.01. The molecule has 0 bridgehead atoms. The van der Waals surface area contributed by atoms with Crippen molar-refractivity contribution in [1.82, 2.24) is 0 Å². The summed E-state index contributed by atoms with van der Waals surface area (Å²) in [7, 11) is 0. The molecule has 1 fully saturated rings. The maximum Gasteiger partial charge on any atom is 0.412 e. The molecule has 0 saturated heterocycles. The molecule has 0 radical (unpaired) electrons. The fraction of sp³-hybridized carbons (Fsp3) is 0.632. The number of anilines is 2. The fourth-order valence-electron chi connectivity index (χ4n) is 3.11. The van der Waals surface area contributed by atoms with Crippen molar-refractivity contribution in [3.63, 3.8) is 0 Å². The van der Waals surface area contributed by atoms with Gasteiger partial charge in [0.25, 0.3) is 0 Å². The first-order chi connectivity index (χ1) is 11.1. The lowest BCUT2D eigenvalue weighted by Gasteiger charge is -2.40.